The van der Waals surface area contributed by atoms with E-state index in [4.69, 9.17) is 0 Å². The molecule has 48 valence electrons. The Morgan fingerprint density at radius 3 is 2.50 bits per heavy atom. The van der Waals surface area contributed by atoms with E-state index in [2.05, 4.69) is 41.8 Å². The molecule has 0 bridgehead atoms. The highest BCUT2D eigenvalue weighted by atomic mass is 127. The van der Waals surface area contributed by atoms with Crippen molar-refractivity contribution in [3.8, 4) is 0 Å². The first-order chi connectivity index (χ1) is 3.75. The Hall–Kier alpha value is 0.690. The minimum Gasteiger partial charge on any atom is -0.307 e. The van der Waals surface area contributed by atoms with Crippen LogP contribution in [-0.2, 0) is 0 Å². The van der Waals surface area contributed by atoms with Crippen LogP contribution in [0.2, 0.25) is 0 Å². The first kappa shape index (κ1) is 6.81. The van der Waals surface area contributed by atoms with E-state index in [9.17, 15) is 0 Å². The van der Waals surface area contributed by atoms with Crippen LogP contribution in [-0.4, -0.2) is 16.0 Å². The van der Waals surface area contributed by atoms with E-state index in [0.717, 1.165) is 16.0 Å². The van der Waals surface area contributed by atoms with Crippen LogP contribution in [0.15, 0.2) is 0 Å². The normalized spacial score (nSPS) is 39.4. The quantitative estimate of drug-likeness (QED) is 0.430. The van der Waals surface area contributed by atoms with Crippen molar-refractivity contribution in [2.24, 2.45) is 0 Å². The largest absolute Gasteiger partial charge is 0.307 e. The number of halogens is 1. The van der Waals surface area contributed by atoms with Crippen LogP contribution in [0.5, 0.6) is 0 Å². The molecule has 1 heterocycles. The van der Waals surface area contributed by atoms with Crippen molar-refractivity contribution >= 4 is 22.6 Å². The number of rotatable bonds is 2. The van der Waals surface area contributed by atoms with Gasteiger partial charge in [-0.2, -0.15) is 0 Å². The molecule has 1 saturated heterocycles. The fourth-order valence-corrected chi connectivity index (χ4v) is 1.72. The molecule has 0 aliphatic carbocycles. The van der Waals surface area contributed by atoms with Crippen molar-refractivity contribution in [3.05, 3.63) is 0 Å². The molecule has 1 nitrogen and oxygen atoms in total. The zero-order valence-electron chi connectivity index (χ0n) is 5.32. The molecule has 3 atom stereocenters. The first-order valence-corrected chi connectivity index (χ1v) is 4.40. The maximum Gasteiger partial charge on any atom is 0.0339 e. The highest BCUT2D eigenvalue weighted by Crippen LogP contribution is 2.22. The summed E-state index contributed by atoms with van der Waals surface area (Å²) in [6.45, 7) is 4.49. The van der Waals surface area contributed by atoms with Gasteiger partial charge in [0.05, 0.1) is 0 Å². The molecule has 0 spiro atoms. The van der Waals surface area contributed by atoms with Gasteiger partial charge in [-0.25, -0.2) is 0 Å². The number of hydrogen-bond acceptors (Lipinski definition) is 1. The molecule has 0 aromatic heterocycles. The smallest absolute Gasteiger partial charge is 0.0339 e. The molecule has 8 heavy (non-hydrogen) atoms. The monoisotopic (exact) mass is 225 g/mol. The maximum absolute atomic E-state index is 3.41. The summed E-state index contributed by atoms with van der Waals surface area (Å²) in [5, 5.41) is 3.41. The van der Waals surface area contributed by atoms with Gasteiger partial charge in [0, 0.05) is 16.0 Å². The summed E-state index contributed by atoms with van der Waals surface area (Å²) in [5.74, 6) is 0. The van der Waals surface area contributed by atoms with Crippen molar-refractivity contribution in [3.63, 3.8) is 0 Å². The Morgan fingerprint density at radius 2 is 2.38 bits per heavy atom. The van der Waals surface area contributed by atoms with E-state index >= 15 is 0 Å². The van der Waals surface area contributed by atoms with E-state index in [1.54, 1.807) is 0 Å². The van der Waals surface area contributed by atoms with E-state index in [1.165, 1.54) is 6.42 Å². The van der Waals surface area contributed by atoms with Crippen LogP contribution in [0.25, 0.3) is 0 Å². The van der Waals surface area contributed by atoms with Gasteiger partial charge >= 0.3 is 0 Å². The van der Waals surface area contributed by atoms with Crippen molar-refractivity contribution < 1.29 is 0 Å². The Labute approximate surface area is 64.4 Å². The highest BCUT2D eigenvalue weighted by Gasteiger charge is 2.37. The lowest BCUT2D eigenvalue weighted by Crippen LogP contribution is -2.04. The third-order valence-electron chi connectivity index (χ3n) is 1.67. The lowest BCUT2D eigenvalue weighted by Gasteiger charge is -1.94. The third kappa shape index (κ3) is 1.35. The van der Waals surface area contributed by atoms with Crippen molar-refractivity contribution in [2.75, 3.05) is 0 Å². The standard InChI is InChI=1S/C6H12IN/c1-3-5-6(8-5)4(2)7/h4-6,8H,3H2,1-2H3/t4-,5?,6?/m1/s1. The van der Waals surface area contributed by atoms with Gasteiger partial charge in [0.1, 0.15) is 0 Å². The summed E-state index contributed by atoms with van der Waals surface area (Å²) in [7, 11) is 0. The average molecular weight is 225 g/mol. The van der Waals surface area contributed by atoms with Gasteiger partial charge in [0.2, 0.25) is 0 Å². The van der Waals surface area contributed by atoms with Gasteiger partial charge in [-0.05, 0) is 6.42 Å². The maximum atomic E-state index is 3.41. The Morgan fingerprint density at radius 1 is 1.75 bits per heavy atom. The van der Waals surface area contributed by atoms with Crippen molar-refractivity contribution in [1.29, 1.82) is 0 Å². The topological polar surface area (TPSA) is 21.9 Å². The van der Waals surface area contributed by atoms with E-state index in [-0.39, 0.29) is 0 Å². The highest BCUT2D eigenvalue weighted by molar-refractivity contribution is 14.1. The van der Waals surface area contributed by atoms with Crippen LogP contribution in [0.1, 0.15) is 20.3 Å². The summed E-state index contributed by atoms with van der Waals surface area (Å²) in [4.78, 5) is 0. The fraction of sp³-hybridized carbons (Fsp3) is 1.00. The summed E-state index contributed by atoms with van der Waals surface area (Å²) in [6, 6.07) is 1.66. The second-order valence-corrected chi connectivity index (χ2v) is 4.35. The van der Waals surface area contributed by atoms with Gasteiger partial charge < -0.3 is 5.32 Å². The van der Waals surface area contributed by atoms with Gasteiger partial charge in [-0.1, -0.05) is 36.4 Å². The zero-order valence-corrected chi connectivity index (χ0v) is 7.47. The molecule has 1 aliphatic heterocycles. The molecule has 1 fully saturated rings. The molecule has 0 amide bonds. The second-order valence-electron chi connectivity index (χ2n) is 2.38. The molecule has 1 aliphatic rings. The number of nitrogens with one attached hydrogen (secondary N) is 1. The van der Waals surface area contributed by atoms with Crippen LogP contribution >= 0.6 is 22.6 Å². The molecule has 0 aromatic carbocycles. The van der Waals surface area contributed by atoms with Crippen LogP contribution in [0.4, 0.5) is 0 Å². The SMILES string of the molecule is CCC1NC1[C@@H](C)I. The third-order valence-corrected chi connectivity index (χ3v) is 2.44. The van der Waals surface area contributed by atoms with E-state index < -0.39 is 0 Å². The molecule has 0 saturated carbocycles. The average Bonchev–Trinajstić information content (AvgIpc) is 2.42. The number of hydrogen-bond donors (Lipinski definition) is 1. The fourth-order valence-electron chi connectivity index (χ4n) is 1.02. The summed E-state index contributed by atoms with van der Waals surface area (Å²) in [6.07, 6.45) is 1.29. The lowest BCUT2D eigenvalue weighted by atomic mass is 10.2. The predicted molar refractivity (Wildman–Crippen MR) is 44.5 cm³/mol. The van der Waals surface area contributed by atoms with Crippen LogP contribution in [0, 0.1) is 0 Å². The van der Waals surface area contributed by atoms with E-state index in [0.29, 0.717) is 0 Å². The van der Waals surface area contributed by atoms with Gasteiger partial charge in [-0.3, -0.25) is 0 Å². The second kappa shape index (κ2) is 2.52. The summed E-state index contributed by atoms with van der Waals surface area (Å²) < 4.78 is 0.803. The van der Waals surface area contributed by atoms with Gasteiger partial charge in [0.15, 0.2) is 0 Å². The molecule has 2 heteroatoms. The Balaban J connectivity index is 2.16. The summed E-state index contributed by atoms with van der Waals surface area (Å²) in [5.41, 5.74) is 0. The molecule has 1 N–H and O–H groups in total. The molecule has 0 aromatic rings. The lowest BCUT2D eigenvalue weighted by molar-refractivity contribution is 0.841. The minimum atomic E-state index is 0.803. The Bertz CT molecular complexity index is 82.6. The molecular formula is C6H12IN. The molecular weight excluding hydrogens is 213 g/mol. The summed E-state index contributed by atoms with van der Waals surface area (Å²) >= 11 is 2.47. The molecule has 2 unspecified atom stereocenters. The van der Waals surface area contributed by atoms with Crippen LogP contribution < -0.4 is 5.32 Å². The number of alkyl halides is 1. The predicted octanol–water partition coefficient (Wildman–Crippen LogP) is 1.56. The van der Waals surface area contributed by atoms with Crippen LogP contribution in [0.3, 0.4) is 0 Å². The van der Waals surface area contributed by atoms with Gasteiger partial charge in [0.25, 0.3) is 0 Å². The van der Waals surface area contributed by atoms with Gasteiger partial charge in [-0.15, -0.1) is 0 Å². The molecule has 1 rings (SSSR count). The van der Waals surface area contributed by atoms with Crippen molar-refractivity contribution in [2.45, 2.75) is 36.3 Å². The van der Waals surface area contributed by atoms with E-state index in [1.807, 2.05) is 0 Å². The zero-order chi connectivity index (χ0) is 6.15. The minimum absolute atomic E-state index is 0.803. The first-order valence-electron chi connectivity index (χ1n) is 3.15. The Kier molecular flexibility index (Phi) is 2.14. The van der Waals surface area contributed by atoms with Crippen molar-refractivity contribution in [1.82, 2.24) is 5.32 Å². The molecule has 0 radical (unpaired) electrons.